The van der Waals surface area contributed by atoms with Crippen molar-refractivity contribution >= 4 is 21.6 Å². The Bertz CT molecular complexity index is 503. The number of hydrogen-bond acceptors (Lipinski definition) is 5. The van der Waals surface area contributed by atoms with Crippen molar-refractivity contribution < 1.29 is 4.74 Å². The molecule has 2 rings (SSSR count). The number of nitrogens with two attached hydrogens (primary N) is 1. The molecule has 1 fully saturated rings. The molecule has 2 heterocycles. The third-order valence-corrected chi connectivity index (χ3v) is 4.03. The van der Waals surface area contributed by atoms with Gasteiger partial charge in [-0.2, -0.15) is 5.10 Å². The van der Waals surface area contributed by atoms with Crippen LogP contribution in [-0.4, -0.2) is 41.6 Å². The molecule has 1 saturated heterocycles. The lowest BCUT2D eigenvalue weighted by Gasteiger charge is -2.36. The van der Waals surface area contributed by atoms with Crippen LogP contribution in [0.5, 0.6) is 0 Å². The highest BCUT2D eigenvalue weighted by Crippen LogP contribution is 2.24. The van der Waals surface area contributed by atoms with Gasteiger partial charge in [0.1, 0.15) is 4.47 Å². The Kier molecular flexibility index (Phi) is 4.59. The van der Waals surface area contributed by atoms with E-state index < -0.39 is 0 Å². The summed E-state index contributed by atoms with van der Waals surface area (Å²) in [6.45, 7) is 6.39. The first-order valence-electron chi connectivity index (χ1n) is 6.42. The number of aromatic nitrogens is 2. The highest BCUT2D eigenvalue weighted by molar-refractivity contribution is 9.10. The summed E-state index contributed by atoms with van der Waals surface area (Å²) >= 11 is 3.38. The van der Waals surface area contributed by atoms with Gasteiger partial charge in [-0.1, -0.05) is 0 Å². The van der Waals surface area contributed by atoms with E-state index in [1.54, 1.807) is 6.20 Å². The topological polar surface area (TPSA) is 73.4 Å². The molecule has 2 atom stereocenters. The maximum atomic E-state index is 12.0. The second-order valence-electron chi connectivity index (χ2n) is 4.68. The van der Waals surface area contributed by atoms with Crippen LogP contribution in [0.3, 0.4) is 0 Å². The Morgan fingerprint density at radius 2 is 2.42 bits per heavy atom. The van der Waals surface area contributed by atoms with E-state index in [0.717, 1.165) is 12.2 Å². The molecule has 106 valence electrons. The molecular weight excluding hydrogens is 312 g/mol. The average Bonchev–Trinajstić information content (AvgIpc) is 2.42. The van der Waals surface area contributed by atoms with E-state index in [0.29, 0.717) is 24.2 Å². The number of morpholine rings is 1. The summed E-state index contributed by atoms with van der Waals surface area (Å²) in [5.74, 6) is 0. The van der Waals surface area contributed by atoms with E-state index >= 15 is 0 Å². The average molecular weight is 331 g/mol. The normalized spacial score (nSPS) is 21.5. The van der Waals surface area contributed by atoms with Gasteiger partial charge < -0.3 is 15.4 Å². The molecule has 0 aliphatic carbocycles. The van der Waals surface area contributed by atoms with Gasteiger partial charge in [-0.15, -0.1) is 0 Å². The molecule has 2 unspecified atom stereocenters. The molecule has 1 aromatic heterocycles. The summed E-state index contributed by atoms with van der Waals surface area (Å²) in [6, 6.07) is -0.0365. The largest absolute Gasteiger partial charge is 0.373 e. The van der Waals surface area contributed by atoms with Crippen molar-refractivity contribution in [2.75, 3.05) is 24.6 Å². The second-order valence-corrected chi connectivity index (χ2v) is 5.47. The Balaban J connectivity index is 2.27. The van der Waals surface area contributed by atoms with Crippen molar-refractivity contribution in [3.05, 3.63) is 21.0 Å². The molecule has 0 spiro atoms. The van der Waals surface area contributed by atoms with Crippen molar-refractivity contribution in [2.45, 2.75) is 32.5 Å². The van der Waals surface area contributed by atoms with Gasteiger partial charge in [0.25, 0.3) is 5.56 Å². The van der Waals surface area contributed by atoms with Crippen LogP contribution < -0.4 is 16.2 Å². The van der Waals surface area contributed by atoms with Gasteiger partial charge in [-0.3, -0.25) is 4.79 Å². The lowest BCUT2D eigenvalue weighted by atomic mass is 10.1. The van der Waals surface area contributed by atoms with E-state index in [-0.39, 0.29) is 17.7 Å². The van der Waals surface area contributed by atoms with E-state index in [1.807, 2.05) is 13.8 Å². The van der Waals surface area contributed by atoms with Crippen LogP contribution in [0.1, 0.15) is 13.8 Å². The predicted molar refractivity (Wildman–Crippen MR) is 77.5 cm³/mol. The first-order chi connectivity index (χ1) is 9.04. The zero-order chi connectivity index (χ0) is 14.0. The molecule has 0 aromatic carbocycles. The number of hydrogen-bond donors (Lipinski definition) is 1. The molecular formula is C12H19BrN4O2. The molecule has 0 amide bonds. The lowest BCUT2D eigenvalue weighted by Crippen LogP contribution is -2.50. The van der Waals surface area contributed by atoms with Gasteiger partial charge >= 0.3 is 0 Å². The summed E-state index contributed by atoms with van der Waals surface area (Å²) in [6.07, 6.45) is 1.70. The summed E-state index contributed by atoms with van der Waals surface area (Å²) in [5, 5.41) is 4.16. The fourth-order valence-electron chi connectivity index (χ4n) is 2.11. The van der Waals surface area contributed by atoms with Crippen LogP contribution in [0.2, 0.25) is 0 Å². The highest BCUT2D eigenvalue weighted by Gasteiger charge is 2.25. The predicted octanol–water partition coefficient (Wildman–Crippen LogP) is 0.578. The van der Waals surface area contributed by atoms with Gasteiger partial charge in [0, 0.05) is 25.7 Å². The monoisotopic (exact) mass is 330 g/mol. The summed E-state index contributed by atoms with van der Waals surface area (Å²) in [5.41, 5.74) is 6.58. The number of halogens is 1. The number of nitrogens with zero attached hydrogens (tertiary/aromatic N) is 3. The number of rotatable bonds is 3. The van der Waals surface area contributed by atoms with Gasteiger partial charge in [0.05, 0.1) is 24.6 Å². The fraction of sp³-hybridized carbons (Fsp3) is 0.667. The van der Waals surface area contributed by atoms with Crippen molar-refractivity contribution in [3.8, 4) is 0 Å². The zero-order valence-electron chi connectivity index (χ0n) is 11.2. The van der Waals surface area contributed by atoms with Crippen molar-refractivity contribution in [1.29, 1.82) is 0 Å². The fourth-order valence-corrected chi connectivity index (χ4v) is 2.67. The molecule has 1 aliphatic rings. The zero-order valence-corrected chi connectivity index (χ0v) is 12.8. The summed E-state index contributed by atoms with van der Waals surface area (Å²) in [4.78, 5) is 14.1. The smallest absolute Gasteiger partial charge is 0.283 e. The van der Waals surface area contributed by atoms with E-state index in [1.165, 1.54) is 4.68 Å². The first-order valence-corrected chi connectivity index (χ1v) is 7.21. The van der Waals surface area contributed by atoms with Crippen molar-refractivity contribution in [1.82, 2.24) is 9.78 Å². The van der Waals surface area contributed by atoms with Crippen molar-refractivity contribution in [3.63, 3.8) is 0 Å². The van der Waals surface area contributed by atoms with Gasteiger partial charge in [0.2, 0.25) is 0 Å². The van der Waals surface area contributed by atoms with Crippen LogP contribution in [0.4, 0.5) is 5.69 Å². The Hall–Kier alpha value is -0.920. The maximum absolute atomic E-state index is 12.0. The molecule has 0 saturated carbocycles. The molecule has 19 heavy (non-hydrogen) atoms. The maximum Gasteiger partial charge on any atom is 0.283 e. The van der Waals surface area contributed by atoms with E-state index in [9.17, 15) is 4.79 Å². The van der Waals surface area contributed by atoms with Crippen LogP contribution >= 0.6 is 15.9 Å². The molecule has 0 bridgehead atoms. The minimum atomic E-state index is -0.108. The van der Waals surface area contributed by atoms with Gasteiger partial charge in [0.15, 0.2) is 0 Å². The van der Waals surface area contributed by atoms with Crippen LogP contribution in [0.25, 0.3) is 0 Å². The molecule has 6 nitrogen and oxygen atoms in total. The Morgan fingerprint density at radius 1 is 1.68 bits per heavy atom. The van der Waals surface area contributed by atoms with E-state index in [4.69, 9.17) is 10.5 Å². The van der Waals surface area contributed by atoms with Crippen LogP contribution in [0.15, 0.2) is 15.5 Å². The van der Waals surface area contributed by atoms with Gasteiger partial charge in [-0.25, -0.2) is 4.68 Å². The minimum absolute atomic E-state index is 0.0192. The number of ether oxygens (including phenoxy) is 1. The minimum Gasteiger partial charge on any atom is -0.373 e. The second kappa shape index (κ2) is 6.02. The highest BCUT2D eigenvalue weighted by atomic mass is 79.9. The molecule has 1 aliphatic heterocycles. The quantitative estimate of drug-likeness (QED) is 0.877. The first kappa shape index (κ1) is 14.5. The van der Waals surface area contributed by atoms with E-state index in [2.05, 4.69) is 25.9 Å². The molecule has 1 aromatic rings. The van der Waals surface area contributed by atoms with Crippen LogP contribution in [0, 0.1) is 0 Å². The standard InChI is InChI=1S/C12H19BrN4O2/c1-3-17-12(18)11(13)9(6-15-17)16-4-5-19-10(7-16)8(2)14/h6,8,10H,3-5,7,14H2,1-2H3. The third-order valence-electron chi connectivity index (χ3n) is 3.29. The Labute approximate surface area is 120 Å². The number of anilines is 1. The summed E-state index contributed by atoms with van der Waals surface area (Å²) < 4.78 is 7.60. The third kappa shape index (κ3) is 2.98. The molecule has 0 radical (unpaired) electrons. The number of aryl methyl sites for hydroxylation is 1. The molecule has 2 N–H and O–H groups in total. The van der Waals surface area contributed by atoms with Gasteiger partial charge in [-0.05, 0) is 29.8 Å². The summed E-state index contributed by atoms with van der Waals surface area (Å²) in [7, 11) is 0. The van der Waals surface area contributed by atoms with Crippen LogP contribution in [-0.2, 0) is 11.3 Å². The van der Waals surface area contributed by atoms with Crippen molar-refractivity contribution in [2.24, 2.45) is 5.73 Å². The SMILES string of the molecule is CCn1ncc(N2CCOC(C(C)N)C2)c(Br)c1=O. The Morgan fingerprint density at radius 3 is 3.05 bits per heavy atom. The lowest BCUT2D eigenvalue weighted by molar-refractivity contribution is 0.0275. The molecule has 7 heteroatoms.